The maximum Gasteiger partial charge on any atom is 0.306 e. The van der Waals surface area contributed by atoms with E-state index >= 15 is 0 Å². The number of carbonyl (C=O) groups is 2. The molecule has 0 radical (unpaired) electrons. The number of carbonyl (C=O) groups excluding carboxylic acids is 2. The summed E-state index contributed by atoms with van der Waals surface area (Å²) in [5.74, 6) is -3.66. The Morgan fingerprint density at radius 3 is 1.36 bits per heavy atom. The number of hydrogen-bond acceptors (Lipinski definition) is 13. The van der Waals surface area contributed by atoms with Crippen LogP contribution in [0.2, 0.25) is 0 Å². The van der Waals surface area contributed by atoms with Crippen molar-refractivity contribution in [3.05, 3.63) is 12.2 Å². The van der Waals surface area contributed by atoms with Gasteiger partial charge in [-0.15, -0.1) is 0 Å². The molecule has 2 aliphatic rings. The molecule has 6 N–H and O–H groups in total. The second kappa shape index (κ2) is 34.7. The lowest BCUT2D eigenvalue weighted by atomic mass is 9.98. The molecule has 2 fully saturated rings. The van der Waals surface area contributed by atoms with Crippen molar-refractivity contribution in [2.75, 3.05) is 19.8 Å². The third-order valence-electron chi connectivity index (χ3n) is 12.2. The number of aliphatic hydroxyl groups is 6. The largest absolute Gasteiger partial charge is 0.454 e. The summed E-state index contributed by atoms with van der Waals surface area (Å²) in [5.41, 5.74) is 0. The Labute approximate surface area is 368 Å². The number of unbranched alkanes of at least 4 members (excludes halogenated alkanes) is 25. The fourth-order valence-electron chi connectivity index (χ4n) is 8.28. The van der Waals surface area contributed by atoms with Gasteiger partial charge in [-0.3, -0.25) is 9.59 Å². The Morgan fingerprint density at radius 1 is 0.525 bits per heavy atom. The van der Waals surface area contributed by atoms with Gasteiger partial charge < -0.3 is 54.3 Å². The van der Waals surface area contributed by atoms with Gasteiger partial charge in [-0.05, 0) is 38.5 Å². The van der Waals surface area contributed by atoms with Gasteiger partial charge in [-0.1, -0.05) is 167 Å². The molecule has 0 amide bonds. The van der Waals surface area contributed by atoms with E-state index in [9.17, 15) is 40.2 Å². The van der Waals surface area contributed by atoms with Crippen molar-refractivity contribution in [1.29, 1.82) is 0 Å². The van der Waals surface area contributed by atoms with Crippen LogP contribution >= 0.6 is 0 Å². The van der Waals surface area contributed by atoms with Crippen molar-refractivity contribution < 1.29 is 63.9 Å². The van der Waals surface area contributed by atoms with Gasteiger partial charge in [0.25, 0.3) is 0 Å². The molecule has 2 aliphatic heterocycles. The second-order valence-electron chi connectivity index (χ2n) is 17.5. The summed E-state index contributed by atoms with van der Waals surface area (Å²) in [6.45, 7) is 2.03. The number of aliphatic hydroxyl groups excluding tert-OH is 6. The number of hydrogen-bond donors (Lipinski definition) is 6. The number of allylic oxidation sites excluding steroid dienone is 2. The summed E-state index contributed by atoms with van der Waals surface area (Å²) in [5, 5.41) is 63.2. The summed E-state index contributed by atoms with van der Waals surface area (Å²) in [7, 11) is 0. The highest BCUT2D eigenvalue weighted by molar-refractivity contribution is 5.70. The Kier molecular flexibility index (Phi) is 31.5. The summed E-state index contributed by atoms with van der Waals surface area (Å²) in [6, 6.07) is 0. The predicted octanol–water partition coefficient (Wildman–Crippen LogP) is 8.01. The normalized spacial score (nSPS) is 26.6. The molecule has 0 aliphatic carbocycles. The molecule has 358 valence electrons. The van der Waals surface area contributed by atoms with Gasteiger partial charge in [0.15, 0.2) is 12.2 Å². The molecule has 9 atom stereocenters. The van der Waals surface area contributed by atoms with Gasteiger partial charge in [-0.25, -0.2) is 0 Å². The van der Waals surface area contributed by atoms with Gasteiger partial charge in [0.05, 0.1) is 13.2 Å². The van der Waals surface area contributed by atoms with Crippen molar-refractivity contribution in [1.82, 2.24) is 0 Å². The minimum atomic E-state index is -2.31. The van der Waals surface area contributed by atoms with Crippen LogP contribution in [0.15, 0.2) is 12.2 Å². The minimum absolute atomic E-state index is 0.0314. The van der Waals surface area contributed by atoms with E-state index < -0.39 is 86.6 Å². The second-order valence-corrected chi connectivity index (χ2v) is 17.5. The molecule has 0 aromatic heterocycles. The quantitative estimate of drug-likeness (QED) is 0.0198. The summed E-state index contributed by atoms with van der Waals surface area (Å²) in [6.07, 6.45) is 23.8. The summed E-state index contributed by atoms with van der Waals surface area (Å²) in [4.78, 5) is 26.1. The van der Waals surface area contributed by atoms with E-state index in [0.717, 1.165) is 64.2 Å². The van der Waals surface area contributed by atoms with Crippen LogP contribution in [0.25, 0.3) is 0 Å². The first-order valence-electron chi connectivity index (χ1n) is 24.6. The van der Waals surface area contributed by atoms with Crippen LogP contribution in [0.5, 0.6) is 0 Å². The zero-order valence-corrected chi connectivity index (χ0v) is 38.1. The monoisotopic (exact) mass is 873 g/mol. The highest BCUT2D eigenvalue weighted by Crippen LogP contribution is 2.39. The van der Waals surface area contributed by atoms with E-state index in [1.807, 2.05) is 0 Å². The molecule has 0 saturated carbocycles. The van der Waals surface area contributed by atoms with Crippen LogP contribution in [-0.2, 0) is 33.3 Å². The van der Waals surface area contributed by atoms with E-state index in [1.165, 1.54) is 103 Å². The lowest BCUT2D eigenvalue weighted by Crippen LogP contribution is -2.64. The first kappa shape index (κ1) is 55.5. The van der Waals surface area contributed by atoms with Crippen molar-refractivity contribution in [3.63, 3.8) is 0 Å². The number of rotatable bonds is 38. The molecule has 61 heavy (non-hydrogen) atoms. The average Bonchev–Trinajstić information content (AvgIpc) is 3.52. The van der Waals surface area contributed by atoms with Gasteiger partial charge in [-0.2, -0.15) is 0 Å². The highest BCUT2D eigenvalue weighted by Gasteiger charge is 2.61. The molecule has 0 aromatic rings. The molecule has 2 saturated heterocycles. The molecule has 0 aromatic carbocycles. The van der Waals surface area contributed by atoms with Crippen LogP contribution in [0.1, 0.15) is 206 Å². The molecule has 13 nitrogen and oxygen atoms in total. The Hall–Kier alpha value is -1.68. The third kappa shape index (κ3) is 22.2. The molecule has 13 heteroatoms. The third-order valence-corrected chi connectivity index (χ3v) is 12.2. The first-order valence-corrected chi connectivity index (χ1v) is 24.6. The molecular weight excluding hydrogens is 785 g/mol. The van der Waals surface area contributed by atoms with Crippen molar-refractivity contribution in [3.8, 4) is 0 Å². The smallest absolute Gasteiger partial charge is 0.306 e. The van der Waals surface area contributed by atoms with Crippen molar-refractivity contribution in [2.24, 2.45) is 0 Å². The Morgan fingerprint density at radius 2 is 0.934 bits per heavy atom. The highest BCUT2D eigenvalue weighted by atomic mass is 16.8. The van der Waals surface area contributed by atoms with Crippen molar-refractivity contribution >= 4 is 11.9 Å². The SMILES string of the molecule is CCCCCCCC/C=C\CCCCCCCC(=O)O[C@H]1[C@H](O)[C@@H](CO)O[C@@]1(CO)O[C@H]1O[C@H](CO)[C@@H](O)[C@H](O)[C@H]1OC(=O)CCCCCCCCCCCCCCCCC. The molecular formula is C48H88O13. The van der Waals surface area contributed by atoms with Gasteiger partial charge in [0, 0.05) is 12.8 Å². The lowest BCUT2D eigenvalue weighted by Gasteiger charge is -2.44. The first-order chi connectivity index (χ1) is 29.7. The fraction of sp³-hybridized carbons (Fsp3) is 0.917. The molecule has 2 rings (SSSR count). The number of ether oxygens (including phenoxy) is 5. The van der Waals surface area contributed by atoms with E-state index in [-0.39, 0.29) is 12.8 Å². The lowest BCUT2D eigenvalue weighted by molar-refractivity contribution is -0.384. The van der Waals surface area contributed by atoms with Gasteiger partial charge in [0.2, 0.25) is 12.1 Å². The zero-order valence-electron chi connectivity index (χ0n) is 38.1. The summed E-state index contributed by atoms with van der Waals surface area (Å²) >= 11 is 0. The zero-order chi connectivity index (χ0) is 44.6. The number of esters is 2. The Balaban J connectivity index is 1.82. The van der Waals surface area contributed by atoms with E-state index in [0.29, 0.717) is 12.8 Å². The average molecular weight is 873 g/mol. The maximum absolute atomic E-state index is 13.0. The topological polar surface area (TPSA) is 202 Å². The van der Waals surface area contributed by atoms with Gasteiger partial charge in [0.1, 0.15) is 37.1 Å². The van der Waals surface area contributed by atoms with Crippen LogP contribution in [-0.4, -0.2) is 117 Å². The molecule has 0 unspecified atom stereocenters. The van der Waals surface area contributed by atoms with Crippen molar-refractivity contribution in [2.45, 2.75) is 261 Å². The van der Waals surface area contributed by atoms with E-state index in [2.05, 4.69) is 26.0 Å². The van der Waals surface area contributed by atoms with Gasteiger partial charge >= 0.3 is 11.9 Å². The van der Waals surface area contributed by atoms with E-state index in [4.69, 9.17) is 23.7 Å². The minimum Gasteiger partial charge on any atom is -0.454 e. The fourth-order valence-corrected chi connectivity index (χ4v) is 8.28. The predicted molar refractivity (Wildman–Crippen MR) is 235 cm³/mol. The van der Waals surface area contributed by atoms with Crippen LogP contribution in [0.4, 0.5) is 0 Å². The van der Waals surface area contributed by atoms with Crippen LogP contribution in [0, 0.1) is 0 Å². The molecule has 0 bridgehead atoms. The Bertz CT molecular complexity index is 1120. The van der Waals surface area contributed by atoms with Crippen LogP contribution < -0.4 is 0 Å². The summed E-state index contributed by atoms with van der Waals surface area (Å²) < 4.78 is 28.7. The molecule has 0 spiro atoms. The standard InChI is InChI=1S/C48H88O13/c1-3-5-7-9-11-13-15-17-19-21-23-25-27-29-31-33-40(52)58-45-44(56)42(54)38(35-49)57-47(45)61-48(37-51)46(43(55)39(36-50)60-48)59-41(53)34-32-30-28-26-24-22-20-18-16-14-12-10-8-6-4-2/h18,20,38-39,42-47,49-51,54-56H,3-17,19,21-37H2,1-2H3/b20-18-/t38-,39-,42-,43-,44+,45-,46+,47-,48+/m1/s1. The maximum atomic E-state index is 13.0. The van der Waals surface area contributed by atoms with E-state index in [1.54, 1.807) is 0 Å². The van der Waals surface area contributed by atoms with Crippen LogP contribution in [0.3, 0.4) is 0 Å². The molecule has 2 heterocycles.